The lowest BCUT2D eigenvalue weighted by Gasteiger charge is -2.30. The van der Waals surface area contributed by atoms with Crippen LogP contribution in [0.15, 0.2) is 41.3 Å². The summed E-state index contributed by atoms with van der Waals surface area (Å²) in [5, 5.41) is 3.41. The van der Waals surface area contributed by atoms with Crippen LogP contribution in [-0.2, 0) is 12.8 Å². The number of thioether (sulfide) groups is 1. The quantitative estimate of drug-likeness (QED) is 0.794. The average Bonchev–Trinajstić information content (AvgIpc) is 3.14. The van der Waals surface area contributed by atoms with Gasteiger partial charge in [-0.3, -0.25) is 0 Å². The fourth-order valence-corrected chi connectivity index (χ4v) is 5.17. The molecule has 0 bridgehead atoms. The molecule has 1 unspecified atom stereocenters. The van der Waals surface area contributed by atoms with Crippen molar-refractivity contribution in [3.8, 4) is 5.75 Å². The van der Waals surface area contributed by atoms with E-state index in [4.69, 9.17) is 4.74 Å². The molecule has 1 N–H and O–H groups in total. The molecule has 0 amide bonds. The van der Waals surface area contributed by atoms with Crippen LogP contribution in [0.3, 0.4) is 0 Å². The Kier molecular flexibility index (Phi) is 5.41. The lowest BCUT2D eigenvalue weighted by Crippen LogP contribution is -2.28. The van der Waals surface area contributed by atoms with Gasteiger partial charge in [0.1, 0.15) is 5.75 Å². The van der Waals surface area contributed by atoms with Crippen molar-refractivity contribution in [3.63, 3.8) is 0 Å². The molecule has 1 atom stereocenters. The molecule has 2 aliphatic rings. The molecule has 26 heavy (non-hydrogen) atoms. The zero-order chi connectivity index (χ0) is 17.9. The smallest absolute Gasteiger partial charge is 0.122 e. The van der Waals surface area contributed by atoms with Gasteiger partial charge < -0.3 is 15.0 Å². The van der Waals surface area contributed by atoms with E-state index in [0.717, 1.165) is 37.6 Å². The van der Waals surface area contributed by atoms with Gasteiger partial charge in [-0.1, -0.05) is 18.2 Å². The Balaban J connectivity index is 1.38. The predicted octanol–water partition coefficient (Wildman–Crippen LogP) is 4.76. The molecule has 0 fully saturated rings. The van der Waals surface area contributed by atoms with Crippen molar-refractivity contribution < 1.29 is 4.74 Å². The Morgan fingerprint density at radius 1 is 1.27 bits per heavy atom. The number of hydrogen-bond donors (Lipinski definition) is 1. The maximum atomic E-state index is 5.59. The fourth-order valence-electron chi connectivity index (χ4n) is 4.26. The summed E-state index contributed by atoms with van der Waals surface area (Å²) >= 11 is 1.90. The normalized spacial score (nSPS) is 18.3. The van der Waals surface area contributed by atoms with Gasteiger partial charge in [-0.2, -0.15) is 0 Å². The van der Waals surface area contributed by atoms with Crippen molar-refractivity contribution in [3.05, 3.63) is 53.1 Å². The molecule has 1 aliphatic heterocycles. The van der Waals surface area contributed by atoms with Gasteiger partial charge in [0.05, 0.1) is 13.0 Å². The van der Waals surface area contributed by atoms with Gasteiger partial charge in [-0.05, 0) is 73.5 Å². The Morgan fingerprint density at radius 2 is 2.19 bits per heavy atom. The number of benzene rings is 2. The number of nitrogens with zero attached hydrogens (tertiary/aromatic N) is 1. The molecule has 0 spiro atoms. The average molecular weight is 369 g/mol. The molecule has 0 saturated carbocycles. The van der Waals surface area contributed by atoms with Crippen LogP contribution < -0.4 is 10.1 Å². The van der Waals surface area contributed by atoms with Crippen molar-refractivity contribution in [1.82, 2.24) is 4.90 Å². The molecule has 1 aliphatic carbocycles. The molecule has 0 aromatic heterocycles. The highest BCUT2D eigenvalue weighted by Crippen LogP contribution is 2.37. The molecular weight excluding hydrogens is 340 g/mol. The first-order valence-electron chi connectivity index (χ1n) is 9.58. The van der Waals surface area contributed by atoms with Gasteiger partial charge in [0, 0.05) is 23.7 Å². The molecule has 0 radical (unpaired) electrons. The minimum Gasteiger partial charge on any atom is -0.496 e. The van der Waals surface area contributed by atoms with Crippen LogP contribution in [0.25, 0.3) is 0 Å². The Bertz CT molecular complexity index is 777. The van der Waals surface area contributed by atoms with E-state index in [1.807, 2.05) is 11.8 Å². The zero-order valence-corrected chi connectivity index (χ0v) is 16.6. The summed E-state index contributed by atoms with van der Waals surface area (Å²) in [5.41, 5.74) is 5.67. The highest BCUT2D eigenvalue weighted by molar-refractivity contribution is 7.99. The Morgan fingerprint density at radius 3 is 3.08 bits per heavy atom. The van der Waals surface area contributed by atoms with E-state index in [9.17, 15) is 0 Å². The maximum absolute atomic E-state index is 5.59. The maximum Gasteiger partial charge on any atom is 0.122 e. The topological polar surface area (TPSA) is 24.5 Å². The second kappa shape index (κ2) is 7.93. The van der Waals surface area contributed by atoms with Crippen LogP contribution in [0.5, 0.6) is 5.75 Å². The lowest BCUT2D eigenvalue weighted by molar-refractivity contribution is 0.299. The first-order chi connectivity index (χ1) is 12.7. The second-order valence-electron chi connectivity index (χ2n) is 7.43. The summed E-state index contributed by atoms with van der Waals surface area (Å²) in [5.74, 6) is 2.70. The van der Waals surface area contributed by atoms with E-state index < -0.39 is 0 Å². The lowest BCUT2D eigenvalue weighted by atomic mass is 9.82. The Hall–Kier alpha value is -1.65. The van der Waals surface area contributed by atoms with Crippen molar-refractivity contribution in [2.24, 2.45) is 0 Å². The summed E-state index contributed by atoms with van der Waals surface area (Å²) in [6.07, 6.45) is 4.81. The number of nitrogens with one attached hydrogen (secondary N) is 1. The van der Waals surface area contributed by atoms with E-state index >= 15 is 0 Å². The van der Waals surface area contributed by atoms with E-state index in [0.29, 0.717) is 5.92 Å². The third kappa shape index (κ3) is 3.72. The molecule has 1 heterocycles. The number of anilines is 1. The molecular formula is C22H28N2OS. The molecule has 3 nitrogen and oxygen atoms in total. The van der Waals surface area contributed by atoms with E-state index in [-0.39, 0.29) is 0 Å². The minimum absolute atomic E-state index is 0.624. The summed E-state index contributed by atoms with van der Waals surface area (Å²) in [7, 11) is 4.05. The van der Waals surface area contributed by atoms with Crippen molar-refractivity contribution in [2.45, 2.75) is 36.5 Å². The van der Waals surface area contributed by atoms with Crippen molar-refractivity contribution in [2.75, 3.05) is 38.4 Å². The van der Waals surface area contributed by atoms with E-state index in [2.05, 4.69) is 53.7 Å². The van der Waals surface area contributed by atoms with E-state index in [1.165, 1.54) is 40.1 Å². The molecule has 2 aromatic rings. The van der Waals surface area contributed by atoms with Crippen LogP contribution in [0.4, 0.5) is 5.69 Å². The number of methoxy groups -OCH3 is 1. The van der Waals surface area contributed by atoms with Crippen LogP contribution in [0.2, 0.25) is 0 Å². The van der Waals surface area contributed by atoms with Gasteiger partial charge >= 0.3 is 0 Å². The monoisotopic (exact) mass is 368 g/mol. The molecule has 4 heteroatoms. The number of fused-ring (bicyclic) bond motifs is 2. The van der Waals surface area contributed by atoms with Gasteiger partial charge in [0.15, 0.2) is 0 Å². The molecule has 4 rings (SSSR count). The first kappa shape index (κ1) is 17.7. The van der Waals surface area contributed by atoms with Crippen LogP contribution >= 0.6 is 11.8 Å². The van der Waals surface area contributed by atoms with Crippen molar-refractivity contribution in [1.29, 1.82) is 0 Å². The molecule has 2 aromatic carbocycles. The summed E-state index contributed by atoms with van der Waals surface area (Å²) in [4.78, 5) is 3.90. The summed E-state index contributed by atoms with van der Waals surface area (Å²) in [6.45, 7) is 2.23. The third-order valence-corrected chi connectivity index (χ3v) is 6.60. The first-order valence-corrected chi connectivity index (χ1v) is 10.6. The van der Waals surface area contributed by atoms with Gasteiger partial charge in [0.2, 0.25) is 0 Å². The molecule has 138 valence electrons. The van der Waals surface area contributed by atoms with Gasteiger partial charge in [-0.15, -0.1) is 11.8 Å². The number of hydrogen-bond acceptors (Lipinski definition) is 4. The standard InChI is InChI=1S/C22H28N2OS/c1-24(12-11-16-9-10-20-22(13-16)26-15-23-20)14-17-5-3-7-19-18(17)6-4-8-21(19)25-2/h4,6,8-10,13,17,23H,3,5,7,11-12,14-15H2,1-2H3. The number of rotatable bonds is 6. The third-order valence-electron chi connectivity index (χ3n) is 5.66. The summed E-state index contributed by atoms with van der Waals surface area (Å²) in [6, 6.07) is 13.4. The van der Waals surface area contributed by atoms with Gasteiger partial charge in [0.25, 0.3) is 0 Å². The predicted molar refractivity (Wildman–Crippen MR) is 111 cm³/mol. The van der Waals surface area contributed by atoms with Crippen LogP contribution in [0, 0.1) is 0 Å². The highest BCUT2D eigenvalue weighted by atomic mass is 32.2. The number of ether oxygens (including phenoxy) is 1. The highest BCUT2D eigenvalue weighted by Gasteiger charge is 2.23. The fraction of sp³-hybridized carbons (Fsp3) is 0.455. The van der Waals surface area contributed by atoms with E-state index in [1.54, 1.807) is 7.11 Å². The van der Waals surface area contributed by atoms with Crippen LogP contribution in [0.1, 0.15) is 35.4 Å². The minimum atomic E-state index is 0.624. The zero-order valence-electron chi connectivity index (χ0n) is 15.8. The second-order valence-corrected chi connectivity index (χ2v) is 8.44. The van der Waals surface area contributed by atoms with Gasteiger partial charge in [-0.25, -0.2) is 0 Å². The largest absolute Gasteiger partial charge is 0.496 e. The SMILES string of the molecule is COc1cccc2c1CCCC2CN(C)CCc1ccc2c(c1)SCN2. The van der Waals surface area contributed by atoms with Crippen molar-refractivity contribution >= 4 is 17.4 Å². The van der Waals surface area contributed by atoms with Crippen LogP contribution in [-0.4, -0.2) is 38.0 Å². The summed E-state index contributed by atoms with van der Waals surface area (Å²) < 4.78 is 5.59. The Labute approximate surface area is 161 Å². The molecule has 0 saturated heterocycles. The number of likely N-dealkylation sites (N-methyl/N-ethyl adjacent to an activating group) is 1.